The molecule has 0 aromatic carbocycles. The van der Waals surface area contributed by atoms with Gasteiger partial charge in [0.15, 0.2) is 16.4 Å². The molecule has 2 heterocycles. The molecular formula is C22H32N2O5S. The lowest BCUT2D eigenvalue weighted by Gasteiger charge is -2.38. The molecule has 3 aliphatic rings. The van der Waals surface area contributed by atoms with Crippen LogP contribution in [0.5, 0.6) is 0 Å². The van der Waals surface area contributed by atoms with Gasteiger partial charge in [0, 0.05) is 29.5 Å². The van der Waals surface area contributed by atoms with Crippen molar-refractivity contribution in [1.29, 1.82) is 0 Å². The molecule has 1 aromatic heterocycles. The van der Waals surface area contributed by atoms with E-state index in [1.165, 1.54) is 0 Å². The Morgan fingerprint density at radius 2 is 1.77 bits per heavy atom. The third-order valence-corrected chi connectivity index (χ3v) is 8.55. The van der Waals surface area contributed by atoms with E-state index < -0.39 is 15.8 Å². The lowest BCUT2D eigenvalue weighted by molar-refractivity contribution is -0.140. The first-order valence-corrected chi connectivity index (χ1v) is 13.0. The number of rotatable bonds is 6. The molecule has 0 bridgehead atoms. The van der Waals surface area contributed by atoms with Crippen LogP contribution in [0.3, 0.4) is 0 Å². The summed E-state index contributed by atoms with van der Waals surface area (Å²) < 4.78 is 31.6. The van der Waals surface area contributed by atoms with E-state index in [9.17, 15) is 18.0 Å². The van der Waals surface area contributed by atoms with E-state index in [1.807, 2.05) is 19.9 Å². The zero-order valence-electron chi connectivity index (χ0n) is 17.9. The lowest BCUT2D eigenvalue weighted by Crippen LogP contribution is -2.50. The molecule has 1 saturated heterocycles. The van der Waals surface area contributed by atoms with Crippen LogP contribution in [0.2, 0.25) is 0 Å². The molecule has 0 radical (unpaired) electrons. The minimum absolute atomic E-state index is 0.0196. The Balaban J connectivity index is 1.44. The monoisotopic (exact) mass is 436 g/mol. The van der Waals surface area contributed by atoms with Crippen LogP contribution in [0, 0.1) is 13.8 Å². The summed E-state index contributed by atoms with van der Waals surface area (Å²) in [6.07, 6.45) is 7.74. The molecule has 30 heavy (non-hydrogen) atoms. The third-order valence-electron chi connectivity index (χ3n) is 6.80. The van der Waals surface area contributed by atoms with E-state index in [4.69, 9.17) is 4.74 Å². The normalized spacial score (nSPS) is 24.0. The topological polar surface area (TPSA) is 85.7 Å². The molecule has 1 atom stereocenters. The number of amides is 1. The van der Waals surface area contributed by atoms with E-state index in [1.54, 1.807) is 4.90 Å². The summed E-state index contributed by atoms with van der Waals surface area (Å²) in [5.74, 6) is -0.605. The van der Waals surface area contributed by atoms with E-state index in [-0.39, 0.29) is 36.1 Å². The summed E-state index contributed by atoms with van der Waals surface area (Å²) in [4.78, 5) is 27.5. The number of esters is 1. The Bertz CT molecular complexity index is 926. The second-order valence-electron chi connectivity index (χ2n) is 9.11. The van der Waals surface area contributed by atoms with Crippen LogP contribution in [0.25, 0.3) is 0 Å². The standard InChI is InChI=1S/C22H32N2O5S/c1-15-12-20(16(2)23(15)18-8-9-18)22(26)29-13-21(25)24(17-6-4-3-5-7-17)19-10-11-30(27,28)14-19/h12,17-19H,3-11,13-14H2,1-2H3/t19-/m1/s1. The van der Waals surface area contributed by atoms with Gasteiger partial charge in [-0.2, -0.15) is 0 Å². The average molecular weight is 437 g/mol. The minimum atomic E-state index is -3.10. The SMILES string of the molecule is Cc1cc(C(=O)OCC(=O)N(C2CCCCC2)[C@@H]2CCS(=O)(=O)C2)c(C)n1C1CC1. The van der Waals surface area contributed by atoms with Crippen LogP contribution < -0.4 is 0 Å². The van der Waals surface area contributed by atoms with E-state index in [2.05, 4.69) is 4.57 Å². The molecule has 1 amide bonds. The maximum absolute atomic E-state index is 13.1. The molecule has 2 aliphatic carbocycles. The van der Waals surface area contributed by atoms with Gasteiger partial charge in [-0.1, -0.05) is 19.3 Å². The second-order valence-corrected chi connectivity index (χ2v) is 11.3. The molecule has 7 nitrogen and oxygen atoms in total. The fourth-order valence-corrected chi connectivity index (χ4v) is 6.93. The van der Waals surface area contributed by atoms with Crippen molar-refractivity contribution in [3.8, 4) is 0 Å². The summed E-state index contributed by atoms with van der Waals surface area (Å²) in [5, 5.41) is 0. The zero-order chi connectivity index (χ0) is 21.5. The Morgan fingerprint density at radius 1 is 1.07 bits per heavy atom. The highest BCUT2D eigenvalue weighted by atomic mass is 32.2. The molecule has 0 spiro atoms. The van der Waals surface area contributed by atoms with Crippen molar-refractivity contribution in [1.82, 2.24) is 9.47 Å². The largest absolute Gasteiger partial charge is 0.452 e. The first-order valence-electron chi connectivity index (χ1n) is 11.1. The fourth-order valence-electron chi connectivity index (χ4n) is 5.22. The Kier molecular flexibility index (Phi) is 5.97. The first-order chi connectivity index (χ1) is 14.3. The number of aromatic nitrogens is 1. The number of carbonyl (C=O) groups is 2. The second kappa shape index (κ2) is 8.36. The third kappa shape index (κ3) is 4.43. The van der Waals surface area contributed by atoms with E-state index >= 15 is 0 Å². The number of hydrogen-bond donors (Lipinski definition) is 0. The number of carbonyl (C=O) groups excluding carboxylic acids is 2. The molecule has 0 N–H and O–H groups in total. The molecule has 4 rings (SSSR count). The van der Waals surface area contributed by atoms with Gasteiger partial charge >= 0.3 is 5.97 Å². The smallest absolute Gasteiger partial charge is 0.340 e. The number of sulfone groups is 1. The number of ether oxygens (including phenoxy) is 1. The molecule has 3 fully saturated rings. The first kappa shape index (κ1) is 21.4. The molecule has 1 aliphatic heterocycles. The lowest BCUT2D eigenvalue weighted by atomic mass is 9.93. The van der Waals surface area contributed by atoms with Crippen molar-refractivity contribution in [2.75, 3.05) is 18.1 Å². The molecule has 1 aromatic rings. The highest BCUT2D eigenvalue weighted by molar-refractivity contribution is 7.91. The molecule has 8 heteroatoms. The van der Waals surface area contributed by atoms with Gasteiger partial charge in [-0.15, -0.1) is 0 Å². The average Bonchev–Trinajstić information content (AvgIpc) is 3.41. The Hall–Kier alpha value is -1.83. The van der Waals surface area contributed by atoms with Crippen LogP contribution in [0.1, 0.15) is 79.2 Å². The molecule has 166 valence electrons. The molecular weight excluding hydrogens is 404 g/mol. The van der Waals surface area contributed by atoms with Crippen LogP contribution >= 0.6 is 0 Å². The fraction of sp³-hybridized carbons (Fsp3) is 0.727. The molecule has 2 saturated carbocycles. The Labute approximate surface area is 178 Å². The van der Waals surface area contributed by atoms with Gasteiger partial charge in [-0.3, -0.25) is 4.79 Å². The molecule has 0 unspecified atom stereocenters. The van der Waals surface area contributed by atoms with Crippen LogP contribution in [-0.2, 0) is 19.4 Å². The summed E-state index contributed by atoms with van der Waals surface area (Å²) >= 11 is 0. The summed E-state index contributed by atoms with van der Waals surface area (Å²) in [6, 6.07) is 2.05. The maximum Gasteiger partial charge on any atom is 0.340 e. The number of nitrogens with zero attached hydrogens (tertiary/aromatic N) is 2. The van der Waals surface area contributed by atoms with Gasteiger partial charge in [-0.25, -0.2) is 13.2 Å². The minimum Gasteiger partial charge on any atom is -0.452 e. The van der Waals surface area contributed by atoms with Crippen LogP contribution in [-0.4, -0.2) is 60.0 Å². The number of hydrogen-bond acceptors (Lipinski definition) is 5. The van der Waals surface area contributed by atoms with Crippen molar-refractivity contribution < 1.29 is 22.7 Å². The summed E-state index contributed by atoms with van der Waals surface area (Å²) in [6.45, 7) is 3.57. The van der Waals surface area contributed by atoms with Crippen molar-refractivity contribution >= 4 is 21.7 Å². The highest BCUT2D eigenvalue weighted by Gasteiger charge is 2.39. The van der Waals surface area contributed by atoms with Gasteiger partial charge in [0.05, 0.1) is 17.1 Å². The summed E-state index contributed by atoms with van der Waals surface area (Å²) in [7, 11) is -3.10. The van der Waals surface area contributed by atoms with Crippen molar-refractivity contribution in [3.05, 3.63) is 23.0 Å². The van der Waals surface area contributed by atoms with Gasteiger partial charge in [0.1, 0.15) is 0 Å². The van der Waals surface area contributed by atoms with E-state index in [0.29, 0.717) is 18.0 Å². The zero-order valence-corrected chi connectivity index (χ0v) is 18.7. The Morgan fingerprint density at radius 3 is 2.37 bits per heavy atom. The van der Waals surface area contributed by atoms with Gasteiger partial charge in [-0.05, 0) is 52.0 Å². The predicted molar refractivity (Wildman–Crippen MR) is 113 cm³/mol. The van der Waals surface area contributed by atoms with Crippen molar-refractivity contribution in [2.24, 2.45) is 0 Å². The van der Waals surface area contributed by atoms with Crippen LogP contribution in [0.15, 0.2) is 6.07 Å². The quantitative estimate of drug-likeness (QED) is 0.640. The highest BCUT2D eigenvalue weighted by Crippen LogP contribution is 2.38. The van der Waals surface area contributed by atoms with E-state index in [0.717, 1.165) is 56.3 Å². The van der Waals surface area contributed by atoms with Crippen molar-refractivity contribution in [3.63, 3.8) is 0 Å². The van der Waals surface area contributed by atoms with Crippen molar-refractivity contribution in [2.45, 2.75) is 83.3 Å². The number of aryl methyl sites for hydroxylation is 1. The predicted octanol–water partition coefficient (Wildman–Crippen LogP) is 2.95. The maximum atomic E-state index is 13.1. The summed E-state index contributed by atoms with van der Waals surface area (Å²) in [5.41, 5.74) is 2.44. The van der Waals surface area contributed by atoms with Gasteiger partial charge < -0.3 is 14.2 Å². The van der Waals surface area contributed by atoms with Gasteiger partial charge in [0.25, 0.3) is 5.91 Å². The van der Waals surface area contributed by atoms with Gasteiger partial charge in [0.2, 0.25) is 0 Å². The van der Waals surface area contributed by atoms with Crippen LogP contribution in [0.4, 0.5) is 0 Å².